The van der Waals surface area contributed by atoms with Crippen molar-refractivity contribution in [1.29, 1.82) is 0 Å². The molecule has 0 aliphatic carbocycles. The van der Waals surface area contributed by atoms with Gasteiger partial charge in [-0.15, -0.1) is 0 Å². The first kappa shape index (κ1) is 16.5. The van der Waals surface area contributed by atoms with Crippen LogP contribution in [0.5, 0.6) is 0 Å². The summed E-state index contributed by atoms with van der Waals surface area (Å²) < 4.78 is 1.47. The molecule has 1 atom stereocenters. The molecule has 1 unspecified atom stereocenters. The number of nitrogens with zero attached hydrogens (tertiary/aromatic N) is 2. The molecule has 0 spiro atoms. The average Bonchev–Trinajstić information content (AvgIpc) is 2.41. The van der Waals surface area contributed by atoms with Gasteiger partial charge in [0.25, 0.3) is 5.56 Å². The van der Waals surface area contributed by atoms with Crippen LogP contribution in [0.1, 0.15) is 39.1 Å². The van der Waals surface area contributed by atoms with Crippen molar-refractivity contribution in [3.63, 3.8) is 0 Å². The second-order valence-electron chi connectivity index (χ2n) is 5.88. The molecular weight excluding hydrogens is 302 g/mol. The first-order valence-electron chi connectivity index (χ1n) is 7.25. The van der Waals surface area contributed by atoms with Crippen molar-refractivity contribution in [1.82, 2.24) is 14.9 Å². The largest absolute Gasteiger partial charge is 0.346 e. The lowest BCUT2D eigenvalue weighted by Gasteiger charge is -2.17. The van der Waals surface area contributed by atoms with E-state index in [9.17, 15) is 9.59 Å². The molecule has 118 valence electrons. The number of aromatic nitrogens is 2. The SMILES string of the molecule is CC(C)CC(=O)NC(C)c1nc2cc(Cl)ccc2c(=O)n1C. The van der Waals surface area contributed by atoms with Crippen LogP contribution >= 0.6 is 11.6 Å². The minimum atomic E-state index is -0.354. The number of fused-ring (bicyclic) bond motifs is 1. The number of halogens is 1. The Balaban J connectivity index is 2.40. The van der Waals surface area contributed by atoms with E-state index in [4.69, 9.17) is 11.6 Å². The summed E-state index contributed by atoms with van der Waals surface area (Å²) in [5.41, 5.74) is 0.386. The number of nitrogens with one attached hydrogen (secondary N) is 1. The zero-order valence-corrected chi connectivity index (χ0v) is 13.9. The summed E-state index contributed by atoms with van der Waals surface area (Å²) in [4.78, 5) is 28.8. The van der Waals surface area contributed by atoms with Crippen LogP contribution in [0, 0.1) is 5.92 Å². The van der Waals surface area contributed by atoms with Gasteiger partial charge >= 0.3 is 0 Å². The smallest absolute Gasteiger partial charge is 0.261 e. The molecule has 0 saturated carbocycles. The fraction of sp³-hybridized carbons (Fsp3) is 0.438. The van der Waals surface area contributed by atoms with Crippen molar-refractivity contribution < 1.29 is 4.79 Å². The zero-order valence-electron chi connectivity index (χ0n) is 13.2. The number of carbonyl (C=O) groups is 1. The summed E-state index contributed by atoms with van der Waals surface area (Å²) in [5, 5.41) is 3.92. The second kappa shape index (κ2) is 6.48. The topological polar surface area (TPSA) is 64.0 Å². The standard InChI is InChI=1S/C16H20ClN3O2/c1-9(2)7-14(21)18-10(3)15-19-13-8-11(17)5-6-12(13)16(22)20(15)4/h5-6,8-10H,7H2,1-4H3,(H,18,21). The van der Waals surface area contributed by atoms with Crippen molar-refractivity contribution in [3.8, 4) is 0 Å². The molecule has 0 bridgehead atoms. The van der Waals surface area contributed by atoms with E-state index in [1.54, 1.807) is 25.2 Å². The van der Waals surface area contributed by atoms with E-state index in [0.717, 1.165) is 0 Å². The predicted octanol–water partition coefficient (Wildman–Crippen LogP) is 2.81. The van der Waals surface area contributed by atoms with Crippen LogP contribution in [0.2, 0.25) is 5.02 Å². The van der Waals surface area contributed by atoms with Gasteiger partial charge in [-0.25, -0.2) is 4.98 Å². The number of rotatable bonds is 4. The van der Waals surface area contributed by atoms with Gasteiger partial charge in [0, 0.05) is 18.5 Å². The Labute approximate surface area is 134 Å². The van der Waals surface area contributed by atoms with E-state index in [0.29, 0.717) is 28.2 Å². The Bertz CT molecular complexity index is 768. The molecule has 0 saturated heterocycles. The van der Waals surface area contributed by atoms with Crippen molar-refractivity contribution in [3.05, 3.63) is 39.4 Å². The molecular formula is C16H20ClN3O2. The number of hydrogen-bond donors (Lipinski definition) is 1. The Kier molecular flexibility index (Phi) is 4.86. The van der Waals surface area contributed by atoms with Crippen LogP contribution in [0.25, 0.3) is 10.9 Å². The van der Waals surface area contributed by atoms with Gasteiger partial charge in [-0.2, -0.15) is 0 Å². The molecule has 1 N–H and O–H groups in total. The van der Waals surface area contributed by atoms with E-state index in [1.807, 2.05) is 20.8 Å². The quantitative estimate of drug-likeness (QED) is 0.941. The molecule has 2 aromatic rings. The molecule has 6 heteroatoms. The second-order valence-corrected chi connectivity index (χ2v) is 6.32. The van der Waals surface area contributed by atoms with Gasteiger partial charge in [-0.05, 0) is 31.0 Å². The highest BCUT2D eigenvalue weighted by atomic mass is 35.5. The van der Waals surface area contributed by atoms with Crippen LogP contribution in [-0.4, -0.2) is 15.5 Å². The van der Waals surface area contributed by atoms with Crippen molar-refractivity contribution >= 4 is 28.4 Å². The number of benzene rings is 1. The van der Waals surface area contributed by atoms with Gasteiger partial charge in [0.05, 0.1) is 16.9 Å². The van der Waals surface area contributed by atoms with Gasteiger partial charge in [-0.3, -0.25) is 14.2 Å². The molecule has 1 aromatic carbocycles. The van der Waals surface area contributed by atoms with E-state index < -0.39 is 0 Å². The highest BCUT2D eigenvalue weighted by molar-refractivity contribution is 6.31. The molecule has 0 radical (unpaired) electrons. The molecule has 0 aliphatic rings. The summed E-state index contributed by atoms with van der Waals surface area (Å²) in [6.07, 6.45) is 0.442. The first-order valence-corrected chi connectivity index (χ1v) is 7.63. The van der Waals surface area contributed by atoms with E-state index in [1.165, 1.54) is 4.57 Å². The van der Waals surface area contributed by atoms with Crippen molar-refractivity contribution in [2.45, 2.75) is 33.2 Å². The Morgan fingerprint density at radius 1 is 1.36 bits per heavy atom. The summed E-state index contributed by atoms with van der Waals surface area (Å²) in [6, 6.07) is 4.64. The molecule has 5 nitrogen and oxygen atoms in total. The summed E-state index contributed by atoms with van der Waals surface area (Å²) in [5.74, 6) is 0.735. The molecule has 0 aliphatic heterocycles. The maximum Gasteiger partial charge on any atom is 0.261 e. The monoisotopic (exact) mass is 321 g/mol. The third-order valence-electron chi connectivity index (χ3n) is 3.43. The predicted molar refractivity (Wildman–Crippen MR) is 88.0 cm³/mol. The van der Waals surface area contributed by atoms with Gasteiger partial charge in [0.15, 0.2) is 0 Å². The minimum Gasteiger partial charge on any atom is -0.346 e. The van der Waals surface area contributed by atoms with E-state index >= 15 is 0 Å². The lowest BCUT2D eigenvalue weighted by atomic mass is 10.1. The van der Waals surface area contributed by atoms with Crippen LogP contribution < -0.4 is 10.9 Å². The zero-order chi connectivity index (χ0) is 16.4. The fourth-order valence-corrected chi connectivity index (χ4v) is 2.55. The molecule has 1 amide bonds. The van der Waals surface area contributed by atoms with Crippen molar-refractivity contribution in [2.24, 2.45) is 13.0 Å². The van der Waals surface area contributed by atoms with Crippen LogP contribution in [0.15, 0.2) is 23.0 Å². The summed E-state index contributed by atoms with van der Waals surface area (Å²) in [7, 11) is 1.66. The van der Waals surface area contributed by atoms with E-state index in [-0.39, 0.29) is 23.4 Å². The average molecular weight is 322 g/mol. The fourth-order valence-electron chi connectivity index (χ4n) is 2.38. The Hall–Kier alpha value is -1.88. The van der Waals surface area contributed by atoms with E-state index in [2.05, 4.69) is 10.3 Å². The van der Waals surface area contributed by atoms with Gasteiger partial charge in [0.1, 0.15) is 5.82 Å². The van der Waals surface area contributed by atoms with Gasteiger partial charge in [0.2, 0.25) is 5.91 Å². The minimum absolute atomic E-state index is 0.0528. The molecule has 22 heavy (non-hydrogen) atoms. The lowest BCUT2D eigenvalue weighted by molar-refractivity contribution is -0.122. The third-order valence-corrected chi connectivity index (χ3v) is 3.67. The van der Waals surface area contributed by atoms with Crippen LogP contribution in [-0.2, 0) is 11.8 Å². The highest BCUT2D eigenvalue weighted by Crippen LogP contribution is 2.17. The van der Waals surface area contributed by atoms with Gasteiger partial charge in [-0.1, -0.05) is 25.4 Å². The number of carbonyl (C=O) groups excluding carboxylic acids is 1. The Morgan fingerprint density at radius 2 is 2.05 bits per heavy atom. The third kappa shape index (κ3) is 3.47. The normalized spacial score (nSPS) is 12.6. The van der Waals surface area contributed by atoms with Crippen LogP contribution in [0.3, 0.4) is 0 Å². The van der Waals surface area contributed by atoms with Crippen LogP contribution in [0.4, 0.5) is 0 Å². The first-order chi connectivity index (χ1) is 10.3. The molecule has 2 rings (SSSR count). The maximum absolute atomic E-state index is 12.4. The molecule has 1 heterocycles. The van der Waals surface area contributed by atoms with Gasteiger partial charge < -0.3 is 5.32 Å². The Morgan fingerprint density at radius 3 is 2.68 bits per heavy atom. The maximum atomic E-state index is 12.4. The number of amides is 1. The highest BCUT2D eigenvalue weighted by Gasteiger charge is 2.17. The molecule has 0 fully saturated rings. The number of hydrogen-bond acceptors (Lipinski definition) is 3. The van der Waals surface area contributed by atoms with Crippen molar-refractivity contribution in [2.75, 3.05) is 0 Å². The lowest BCUT2D eigenvalue weighted by Crippen LogP contribution is -2.33. The summed E-state index contributed by atoms with van der Waals surface area (Å²) >= 11 is 5.97. The molecule has 1 aromatic heterocycles. The summed E-state index contributed by atoms with van der Waals surface area (Å²) in [6.45, 7) is 5.78.